The van der Waals surface area contributed by atoms with E-state index in [2.05, 4.69) is 12.2 Å². The molecule has 2 rings (SSSR count). The van der Waals surface area contributed by atoms with Gasteiger partial charge in [-0.05, 0) is 42.2 Å². The van der Waals surface area contributed by atoms with Gasteiger partial charge >= 0.3 is 0 Å². The highest BCUT2D eigenvalue weighted by Gasteiger charge is 2.25. The third kappa shape index (κ3) is 4.21. The Morgan fingerprint density at radius 2 is 2.15 bits per heavy atom. The van der Waals surface area contributed by atoms with Crippen LogP contribution in [0.3, 0.4) is 0 Å². The van der Waals surface area contributed by atoms with E-state index in [0.29, 0.717) is 12.5 Å². The molecule has 1 unspecified atom stereocenters. The second-order valence-electron chi connectivity index (χ2n) is 5.34. The minimum atomic E-state index is 0. The molecule has 114 valence electrons. The lowest BCUT2D eigenvalue weighted by Gasteiger charge is -2.30. The highest BCUT2D eigenvalue weighted by atomic mass is 35.5. The van der Waals surface area contributed by atoms with Crippen LogP contribution in [0.4, 0.5) is 0 Å². The fraction of sp³-hybridized carbons (Fsp3) is 0.667. The summed E-state index contributed by atoms with van der Waals surface area (Å²) >= 11 is 1.53. The molecule has 0 aliphatic heterocycles. The third-order valence-electron chi connectivity index (χ3n) is 4.12. The molecule has 1 aromatic rings. The van der Waals surface area contributed by atoms with Gasteiger partial charge in [-0.25, -0.2) is 0 Å². The number of carbonyl (C=O) groups excluding carboxylic acids is 1. The molecular formula is C15H25ClN2OS. The van der Waals surface area contributed by atoms with Gasteiger partial charge in [0, 0.05) is 12.6 Å². The molecule has 0 saturated heterocycles. The summed E-state index contributed by atoms with van der Waals surface area (Å²) < 4.78 is 0. The summed E-state index contributed by atoms with van der Waals surface area (Å²) in [4.78, 5) is 13.2. The van der Waals surface area contributed by atoms with E-state index < -0.39 is 0 Å². The number of nitrogens with two attached hydrogens (primary N) is 1. The van der Waals surface area contributed by atoms with Crippen LogP contribution in [0.15, 0.2) is 11.4 Å². The molecule has 3 N–H and O–H groups in total. The zero-order chi connectivity index (χ0) is 13.7. The van der Waals surface area contributed by atoms with Gasteiger partial charge in [0.2, 0.25) is 0 Å². The van der Waals surface area contributed by atoms with Gasteiger partial charge in [-0.3, -0.25) is 4.79 Å². The van der Waals surface area contributed by atoms with Crippen molar-refractivity contribution < 1.29 is 4.79 Å². The van der Waals surface area contributed by atoms with Crippen LogP contribution >= 0.6 is 23.7 Å². The quantitative estimate of drug-likeness (QED) is 0.875. The first-order chi connectivity index (χ1) is 9.26. The summed E-state index contributed by atoms with van der Waals surface area (Å²) in [5, 5.41) is 5.15. The van der Waals surface area contributed by atoms with Crippen molar-refractivity contribution in [3.8, 4) is 0 Å². The Kier molecular flexibility index (Phi) is 7.56. The van der Waals surface area contributed by atoms with Crippen LogP contribution < -0.4 is 11.1 Å². The first-order valence-electron chi connectivity index (χ1n) is 7.33. The van der Waals surface area contributed by atoms with Gasteiger partial charge in [0.1, 0.15) is 0 Å². The Balaban J connectivity index is 0.00000200. The maximum absolute atomic E-state index is 12.3. The Hall–Kier alpha value is -0.580. The summed E-state index contributed by atoms with van der Waals surface area (Å²) in [7, 11) is 0. The SMILES string of the molecule is CCc1ccsc1C(=O)NC(CN)C1CCCCC1.Cl. The Bertz CT molecular complexity index is 416. The van der Waals surface area contributed by atoms with E-state index in [4.69, 9.17) is 5.73 Å². The fourth-order valence-corrected chi connectivity index (χ4v) is 3.85. The average molecular weight is 317 g/mol. The van der Waals surface area contributed by atoms with Crippen molar-refractivity contribution in [3.63, 3.8) is 0 Å². The summed E-state index contributed by atoms with van der Waals surface area (Å²) in [6.45, 7) is 2.63. The number of thiophene rings is 1. The number of nitrogens with one attached hydrogen (secondary N) is 1. The molecule has 1 saturated carbocycles. The van der Waals surface area contributed by atoms with Crippen molar-refractivity contribution in [2.75, 3.05) is 6.54 Å². The Morgan fingerprint density at radius 1 is 1.45 bits per heavy atom. The first kappa shape index (κ1) is 17.5. The summed E-state index contributed by atoms with van der Waals surface area (Å²) in [6, 6.07) is 2.18. The van der Waals surface area contributed by atoms with E-state index in [-0.39, 0.29) is 24.4 Å². The molecule has 0 aromatic carbocycles. The van der Waals surface area contributed by atoms with Crippen molar-refractivity contribution in [1.29, 1.82) is 0 Å². The monoisotopic (exact) mass is 316 g/mol. The molecule has 1 aromatic heterocycles. The number of amides is 1. The molecule has 1 aliphatic carbocycles. The van der Waals surface area contributed by atoms with E-state index in [0.717, 1.165) is 16.9 Å². The zero-order valence-electron chi connectivity index (χ0n) is 12.1. The largest absolute Gasteiger partial charge is 0.347 e. The normalized spacial score (nSPS) is 17.3. The maximum Gasteiger partial charge on any atom is 0.261 e. The van der Waals surface area contributed by atoms with Crippen LogP contribution in [0.5, 0.6) is 0 Å². The summed E-state index contributed by atoms with van der Waals surface area (Å²) in [6.07, 6.45) is 7.18. The molecule has 20 heavy (non-hydrogen) atoms. The topological polar surface area (TPSA) is 55.1 Å². The first-order valence-corrected chi connectivity index (χ1v) is 8.21. The van der Waals surface area contributed by atoms with Crippen molar-refractivity contribution in [2.24, 2.45) is 11.7 Å². The molecule has 1 aliphatic rings. The van der Waals surface area contributed by atoms with Gasteiger partial charge in [-0.15, -0.1) is 23.7 Å². The van der Waals surface area contributed by atoms with Crippen LogP contribution in [0.25, 0.3) is 0 Å². The standard InChI is InChI=1S/C15H24N2OS.ClH/c1-2-11-8-9-19-14(11)15(18)17-13(10-16)12-6-4-3-5-7-12;/h8-9,12-13H,2-7,10,16H2,1H3,(H,17,18);1H. The molecule has 5 heteroatoms. The molecule has 0 radical (unpaired) electrons. The Morgan fingerprint density at radius 3 is 2.75 bits per heavy atom. The van der Waals surface area contributed by atoms with Gasteiger partial charge in [0.05, 0.1) is 4.88 Å². The molecule has 1 amide bonds. The molecular weight excluding hydrogens is 292 g/mol. The zero-order valence-corrected chi connectivity index (χ0v) is 13.7. The number of hydrogen-bond donors (Lipinski definition) is 2. The lowest BCUT2D eigenvalue weighted by Crippen LogP contribution is -2.45. The summed E-state index contributed by atoms with van der Waals surface area (Å²) in [5.41, 5.74) is 7.01. The highest BCUT2D eigenvalue weighted by molar-refractivity contribution is 7.12. The predicted octanol–water partition coefficient (Wildman–Crippen LogP) is 3.37. The number of hydrogen-bond acceptors (Lipinski definition) is 3. The lowest BCUT2D eigenvalue weighted by molar-refractivity contribution is 0.0919. The van der Waals surface area contributed by atoms with Crippen LogP contribution in [0.2, 0.25) is 0 Å². The van der Waals surface area contributed by atoms with E-state index in [1.54, 1.807) is 0 Å². The van der Waals surface area contributed by atoms with Crippen LogP contribution in [0.1, 0.15) is 54.3 Å². The van der Waals surface area contributed by atoms with Crippen LogP contribution in [-0.2, 0) is 6.42 Å². The number of carbonyl (C=O) groups is 1. The number of halogens is 1. The van der Waals surface area contributed by atoms with Crippen molar-refractivity contribution in [3.05, 3.63) is 21.9 Å². The van der Waals surface area contributed by atoms with Crippen LogP contribution in [-0.4, -0.2) is 18.5 Å². The van der Waals surface area contributed by atoms with Gasteiger partial charge in [0.25, 0.3) is 5.91 Å². The molecule has 1 atom stereocenters. The minimum absolute atomic E-state index is 0. The highest BCUT2D eigenvalue weighted by Crippen LogP contribution is 2.26. The number of rotatable bonds is 5. The summed E-state index contributed by atoms with van der Waals surface area (Å²) in [5.74, 6) is 0.626. The average Bonchev–Trinajstić information content (AvgIpc) is 2.94. The smallest absolute Gasteiger partial charge is 0.261 e. The van der Waals surface area contributed by atoms with Crippen LogP contribution in [0, 0.1) is 5.92 Å². The van der Waals surface area contributed by atoms with Crippen molar-refractivity contribution in [1.82, 2.24) is 5.32 Å². The number of aryl methyl sites for hydroxylation is 1. The molecule has 3 nitrogen and oxygen atoms in total. The fourth-order valence-electron chi connectivity index (χ4n) is 2.95. The molecule has 0 spiro atoms. The van der Waals surface area contributed by atoms with E-state index in [1.165, 1.54) is 43.4 Å². The van der Waals surface area contributed by atoms with E-state index in [9.17, 15) is 4.79 Å². The molecule has 1 fully saturated rings. The van der Waals surface area contributed by atoms with Gasteiger partial charge in [0.15, 0.2) is 0 Å². The maximum atomic E-state index is 12.3. The van der Waals surface area contributed by atoms with Gasteiger partial charge in [-0.2, -0.15) is 0 Å². The second kappa shape index (κ2) is 8.65. The lowest BCUT2D eigenvalue weighted by atomic mass is 9.84. The minimum Gasteiger partial charge on any atom is -0.347 e. The molecule has 0 bridgehead atoms. The third-order valence-corrected chi connectivity index (χ3v) is 5.08. The molecule has 1 heterocycles. The second-order valence-corrected chi connectivity index (χ2v) is 6.26. The van der Waals surface area contributed by atoms with E-state index >= 15 is 0 Å². The predicted molar refractivity (Wildman–Crippen MR) is 87.8 cm³/mol. The van der Waals surface area contributed by atoms with E-state index in [1.807, 2.05) is 11.4 Å². The van der Waals surface area contributed by atoms with Gasteiger partial charge < -0.3 is 11.1 Å². The van der Waals surface area contributed by atoms with Crippen molar-refractivity contribution in [2.45, 2.75) is 51.5 Å². The van der Waals surface area contributed by atoms with Gasteiger partial charge in [-0.1, -0.05) is 26.2 Å². The Labute approximate surface area is 131 Å². The van der Waals surface area contributed by atoms with Crippen molar-refractivity contribution >= 4 is 29.7 Å².